The summed E-state index contributed by atoms with van der Waals surface area (Å²) >= 11 is 0. The molecular weight excluding hydrogens is 470 g/mol. The van der Waals surface area contributed by atoms with Crippen LogP contribution < -0.4 is 4.74 Å². The summed E-state index contributed by atoms with van der Waals surface area (Å²) in [5, 5.41) is 19.4. The molecule has 198 valence electrons. The zero-order valence-electron chi connectivity index (χ0n) is 22.3. The molecule has 3 rings (SSSR count). The molecule has 0 unspecified atom stereocenters. The number of likely N-dealkylation sites (N-methyl/N-ethyl adjacent to an activating group) is 1. The number of carboxylic acids is 1. The lowest BCUT2D eigenvalue weighted by molar-refractivity contribution is 0.0325. The Morgan fingerprint density at radius 1 is 1.30 bits per heavy atom. The molecule has 0 spiro atoms. The molecule has 1 aromatic heterocycles. The van der Waals surface area contributed by atoms with Crippen molar-refractivity contribution in [2.75, 3.05) is 26.7 Å². The minimum Gasteiger partial charge on any atom is -0.478 e. The summed E-state index contributed by atoms with van der Waals surface area (Å²) in [6.45, 7) is 9.16. The van der Waals surface area contributed by atoms with Gasteiger partial charge in [-0.15, -0.1) is 0 Å². The van der Waals surface area contributed by atoms with E-state index in [1.54, 1.807) is 29.3 Å². The Morgan fingerprint density at radius 2 is 2.03 bits per heavy atom. The summed E-state index contributed by atoms with van der Waals surface area (Å²) in [6.07, 6.45) is 2.04. The second kappa shape index (κ2) is 12.7. The standard InChI is InChI=1S/C29H37N3O5/c1-19(2)9-8-10-22-13-25-27(30-14-22)37-26(20(3)15-32(28(25)34)21(4)18-33)17-31(5)16-23-11-6-7-12-24(23)29(35)36/h6-7,11-14,19-21,26,33H,9,15-18H2,1-5H3,(H,35,36)/t20-,21-,26+/m1/s1. The van der Waals surface area contributed by atoms with Gasteiger partial charge in [0.2, 0.25) is 5.88 Å². The molecule has 0 aliphatic carbocycles. The molecule has 0 radical (unpaired) electrons. The van der Waals surface area contributed by atoms with E-state index >= 15 is 0 Å². The normalized spacial score (nSPS) is 18.4. The molecule has 1 aliphatic rings. The van der Waals surface area contributed by atoms with Crippen molar-refractivity contribution in [1.29, 1.82) is 0 Å². The number of carbonyl (C=O) groups excluding carboxylic acids is 1. The number of carboxylic acid groups (broad SMARTS) is 1. The maximum Gasteiger partial charge on any atom is 0.336 e. The van der Waals surface area contributed by atoms with Crippen LogP contribution in [-0.2, 0) is 6.54 Å². The van der Waals surface area contributed by atoms with Crippen LogP contribution in [0.3, 0.4) is 0 Å². The largest absolute Gasteiger partial charge is 0.478 e. The Kier molecular flexibility index (Phi) is 9.67. The van der Waals surface area contributed by atoms with Gasteiger partial charge in [-0.25, -0.2) is 9.78 Å². The minimum atomic E-state index is -0.961. The first kappa shape index (κ1) is 28.2. The topological polar surface area (TPSA) is 103 Å². The van der Waals surface area contributed by atoms with Crippen molar-refractivity contribution in [3.63, 3.8) is 0 Å². The summed E-state index contributed by atoms with van der Waals surface area (Å²) in [7, 11) is 1.91. The highest BCUT2D eigenvalue weighted by Crippen LogP contribution is 2.27. The van der Waals surface area contributed by atoms with Gasteiger partial charge in [0.05, 0.1) is 18.2 Å². The minimum absolute atomic E-state index is 0.0735. The summed E-state index contributed by atoms with van der Waals surface area (Å²) in [6, 6.07) is 8.29. The number of hydrogen-bond donors (Lipinski definition) is 2. The fraction of sp³-hybridized carbons (Fsp3) is 0.483. The second-order valence-corrected chi connectivity index (χ2v) is 10.3. The fourth-order valence-electron chi connectivity index (χ4n) is 4.28. The third-order valence-corrected chi connectivity index (χ3v) is 6.44. The number of aromatic nitrogens is 1. The lowest BCUT2D eigenvalue weighted by Crippen LogP contribution is -2.49. The van der Waals surface area contributed by atoms with Crippen LogP contribution in [0, 0.1) is 23.7 Å². The van der Waals surface area contributed by atoms with Gasteiger partial charge in [0.25, 0.3) is 5.91 Å². The molecule has 2 N–H and O–H groups in total. The molecule has 3 atom stereocenters. The number of fused-ring (bicyclic) bond motifs is 1. The highest BCUT2D eigenvalue weighted by Gasteiger charge is 2.34. The van der Waals surface area contributed by atoms with E-state index in [0.717, 1.165) is 6.42 Å². The van der Waals surface area contributed by atoms with Crippen molar-refractivity contribution in [2.24, 2.45) is 11.8 Å². The van der Waals surface area contributed by atoms with Gasteiger partial charge in [0.15, 0.2) is 0 Å². The number of nitrogens with zero attached hydrogens (tertiary/aromatic N) is 3. The monoisotopic (exact) mass is 507 g/mol. The average molecular weight is 508 g/mol. The molecule has 2 aromatic rings. The number of amides is 1. The number of rotatable bonds is 8. The van der Waals surface area contributed by atoms with Crippen LogP contribution in [0.25, 0.3) is 0 Å². The molecular formula is C29H37N3O5. The van der Waals surface area contributed by atoms with Gasteiger partial charge in [-0.2, -0.15) is 0 Å². The molecule has 1 aromatic carbocycles. The third-order valence-electron chi connectivity index (χ3n) is 6.44. The van der Waals surface area contributed by atoms with Gasteiger partial charge in [0, 0.05) is 43.7 Å². The molecule has 1 aliphatic heterocycles. The van der Waals surface area contributed by atoms with Gasteiger partial charge in [0.1, 0.15) is 11.7 Å². The Hall–Kier alpha value is -3.41. The van der Waals surface area contributed by atoms with Gasteiger partial charge < -0.3 is 19.8 Å². The van der Waals surface area contributed by atoms with Crippen LogP contribution >= 0.6 is 0 Å². The van der Waals surface area contributed by atoms with E-state index in [2.05, 4.69) is 30.7 Å². The number of aliphatic hydroxyl groups is 1. The number of ether oxygens (including phenoxy) is 1. The van der Waals surface area contributed by atoms with E-state index < -0.39 is 5.97 Å². The van der Waals surface area contributed by atoms with Crippen molar-refractivity contribution in [3.8, 4) is 17.7 Å². The Morgan fingerprint density at radius 3 is 2.70 bits per heavy atom. The van der Waals surface area contributed by atoms with Crippen molar-refractivity contribution in [2.45, 2.75) is 52.8 Å². The predicted molar refractivity (Wildman–Crippen MR) is 141 cm³/mol. The van der Waals surface area contributed by atoms with Crippen LogP contribution in [0.5, 0.6) is 5.88 Å². The van der Waals surface area contributed by atoms with Crippen molar-refractivity contribution >= 4 is 11.9 Å². The maximum atomic E-state index is 13.5. The first-order valence-electron chi connectivity index (χ1n) is 12.7. The van der Waals surface area contributed by atoms with Crippen molar-refractivity contribution in [1.82, 2.24) is 14.8 Å². The van der Waals surface area contributed by atoms with E-state index in [0.29, 0.717) is 42.2 Å². The summed E-state index contributed by atoms with van der Waals surface area (Å²) in [5.41, 5.74) is 1.95. The number of aromatic carboxylic acids is 1. The molecule has 1 amide bonds. The fourth-order valence-corrected chi connectivity index (χ4v) is 4.28. The molecule has 8 heteroatoms. The van der Waals surface area contributed by atoms with Crippen molar-refractivity contribution in [3.05, 3.63) is 58.8 Å². The highest BCUT2D eigenvalue weighted by atomic mass is 16.5. The summed E-state index contributed by atoms with van der Waals surface area (Å²) in [4.78, 5) is 33.3. The van der Waals surface area contributed by atoms with E-state index in [4.69, 9.17) is 4.74 Å². The number of aliphatic hydroxyl groups excluding tert-OH is 1. The lowest BCUT2D eigenvalue weighted by atomic mass is 9.99. The molecule has 37 heavy (non-hydrogen) atoms. The molecule has 0 fully saturated rings. The van der Waals surface area contributed by atoms with E-state index in [1.165, 1.54) is 0 Å². The lowest BCUT2D eigenvalue weighted by Gasteiger charge is -2.37. The number of pyridine rings is 1. The van der Waals surface area contributed by atoms with Gasteiger partial charge in [-0.3, -0.25) is 9.69 Å². The zero-order chi connectivity index (χ0) is 27.1. The Labute approximate surface area is 219 Å². The number of carbonyl (C=O) groups is 2. The third kappa shape index (κ3) is 7.31. The van der Waals surface area contributed by atoms with Crippen LogP contribution in [0.2, 0.25) is 0 Å². The SMILES string of the molecule is CC(C)CC#Cc1cnc2c(c1)C(=O)N([C@H](C)CO)C[C@@H](C)[C@H](CN(C)Cc1ccccc1C(=O)O)O2. The molecule has 2 heterocycles. The van der Waals surface area contributed by atoms with Crippen LogP contribution in [0.15, 0.2) is 36.5 Å². The highest BCUT2D eigenvalue weighted by molar-refractivity contribution is 5.97. The van der Waals surface area contributed by atoms with Crippen molar-refractivity contribution < 1.29 is 24.5 Å². The predicted octanol–water partition coefficient (Wildman–Crippen LogP) is 3.53. The zero-order valence-corrected chi connectivity index (χ0v) is 22.3. The molecule has 0 bridgehead atoms. The Bertz CT molecular complexity index is 1170. The smallest absolute Gasteiger partial charge is 0.336 e. The first-order valence-corrected chi connectivity index (χ1v) is 12.7. The van der Waals surface area contributed by atoms with E-state index in [9.17, 15) is 19.8 Å². The number of benzene rings is 1. The van der Waals surface area contributed by atoms with Crippen LogP contribution in [0.1, 0.15) is 66.0 Å². The molecule has 8 nitrogen and oxygen atoms in total. The quantitative estimate of drug-likeness (QED) is 0.527. The van der Waals surface area contributed by atoms with Crippen LogP contribution in [0.4, 0.5) is 0 Å². The van der Waals surface area contributed by atoms with Gasteiger partial charge in [-0.1, -0.05) is 50.8 Å². The maximum absolute atomic E-state index is 13.5. The van der Waals surface area contributed by atoms with Gasteiger partial charge in [-0.05, 0) is 37.6 Å². The van der Waals surface area contributed by atoms with Crippen LogP contribution in [-0.4, -0.2) is 75.8 Å². The Balaban J connectivity index is 1.90. The molecule has 0 saturated carbocycles. The summed E-state index contributed by atoms with van der Waals surface area (Å²) < 4.78 is 6.34. The second-order valence-electron chi connectivity index (χ2n) is 10.3. The van der Waals surface area contributed by atoms with E-state index in [-0.39, 0.29) is 42.0 Å². The first-order chi connectivity index (χ1) is 17.6. The number of hydrogen-bond acceptors (Lipinski definition) is 6. The van der Waals surface area contributed by atoms with Gasteiger partial charge >= 0.3 is 5.97 Å². The summed E-state index contributed by atoms with van der Waals surface area (Å²) in [5.74, 6) is 5.62. The molecule has 0 saturated heterocycles. The average Bonchev–Trinajstić information content (AvgIpc) is 2.86. The van der Waals surface area contributed by atoms with E-state index in [1.807, 2.05) is 37.9 Å².